The molecule has 0 saturated heterocycles. The van der Waals surface area contributed by atoms with E-state index in [1.165, 1.54) is 25.3 Å². The van der Waals surface area contributed by atoms with Gasteiger partial charge in [-0.3, -0.25) is 0 Å². The Morgan fingerprint density at radius 3 is 2.65 bits per heavy atom. The molecule has 2 rings (SSSR count). The van der Waals surface area contributed by atoms with Crippen molar-refractivity contribution in [3.63, 3.8) is 0 Å². The van der Waals surface area contributed by atoms with Gasteiger partial charge >= 0.3 is 5.97 Å². The van der Waals surface area contributed by atoms with Crippen molar-refractivity contribution in [1.82, 2.24) is 0 Å². The Morgan fingerprint density at radius 2 is 1.95 bits per heavy atom. The van der Waals surface area contributed by atoms with Crippen molar-refractivity contribution in [3.8, 4) is 0 Å². The molecule has 0 aliphatic carbocycles. The fraction of sp³-hybridized carbons (Fsp3) is 0.133. The van der Waals surface area contributed by atoms with Crippen LogP contribution in [0.15, 0.2) is 42.5 Å². The Kier molecular flexibility index (Phi) is 4.30. The van der Waals surface area contributed by atoms with Gasteiger partial charge in [0.15, 0.2) is 0 Å². The van der Waals surface area contributed by atoms with Gasteiger partial charge in [0.05, 0.1) is 18.4 Å². The first-order valence-electron chi connectivity index (χ1n) is 5.96. The molecule has 0 aliphatic rings. The van der Waals surface area contributed by atoms with Crippen molar-refractivity contribution in [2.24, 2.45) is 0 Å². The van der Waals surface area contributed by atoms with Crippen molar-refractivity contribution >= 4 is 11.7 Å². The first kappa shape index (κ1) is 14.0. The highest BCUT2D eigenvalue weighted by molar-refractivity contribution is 5.89. The molecule has 5 heteroatoms. The van der Waals surface area contributed by atoms with E-state index in [0.717, 1.165) is 6.07 Å². The minimum absolute atomic E-state index is 0.123. The second-order valence-electron chi connectivity index (χ2n) is 4.17. The number of carbonyl (C=O) groups excluding carboxylic acids is 1. The van der Waals surface area contributed by atoms with Crippen LogP contribution < -0.4 is 5.32 Å². The Bertz CT molecular complexity index is 629. The summed E-state index contributed by atoms with van der Waals surface area (Å²) < 4.78 is 31.4. The highest BCUT2D eigenvalue weighted by Gasteiger charge is 2.09. The standard InChI is InChI=1S/C15H13F2NO2/c1-20-15(19)11-6-10(7-12(16)8-11)9-18-14-5-3-2-4-13(14)17/h2-8,18H,9H2,1H3. The van der Waals surface area contributed by atoms with Crippen LogP contribution in [0, 0.1) is 11.6 Å². The van der Waals surface area contributed by atoms with E-state index >= 15 is 0 Å². The largest absolute Gasteiger partial charge is 0.465 e. The van der Waals surface area contributed by atoms with Crippen molar-refractivity contribution in [2.75, 3.05) is 12.4 Å². The number of para-hydroxylation sites is 1. The quantitative estimate of drug-likeness (QED) is 0.871. The lowest BCUT2D eigenvalue weighted by molar-refractivity contribution is 0.0600. The topological polar surface area (TPSA) is 38.3 Å². The highest BCUT2D eigenvalue weighted by atomic mass is 19.1. The average Bonchev–Trinajstić information content (AvgIpc) is 2.45. The molecule has 0 aliphatic heterocycles. The summed E-state index contributed by atoms with van der Waals surface area (Å²) in [5, 5.41) is 2.85. The predicted octanol–water partition coefficient (Wildman–Crippen LogP) is 3.36. The number of hydrogen-bond acceptors (Lipinski definition) is 3. The van der Waals surface area contributed by atoms with Crippen molar-refractivity contribution in [2.45, 2.75) is 6.54 Å². The van der Waals surface area contributed by atoms with Crippen LogP contribution in [0.2, 0.25) is 0 Å². The lowest BCUT2D eigenvalue weighted by Gasteiger charge is -2.09. The van der Waals surface area contributed by atoms with E-state index in [4.69, 9.17) is 0 Å². The molecule has 0 aromatic heterocycles. The number of esters is 1. The van der Waals surface area contributed by atoms with Gasteiger partial charge in [-0.15, -0.1) is 0 Å². The maximum atomic E-state index is 13.4. The van der Waals surface area contributed by atoms with E-state index in [1.807, 2.05) is 0 Å². The maximum absolute atomic E-state index is 13.4. The second-order valence-corrected chi connectivity index (χ2v) is 4.17. The summed E-state index contributed by atoms with van der Waals surface area (Å²) in [7, 11) is 1.23. The molecule has 0 spiro atoms. The Morgan fingerprint density at radius 1 is 1.20 bits per heavy atom. The molecule has 0 fully saturated rings. The van der Waals surface area contributed by atoms with Crippen LogP contribution in [0.3, 0.4) is 0 Å². The zero-order valence-electron chi connectivity index (χ0n) is 10.8. The first-order chi connectivity index (χ1) is 9.60. The van der Waals surface area contributed by atoms with Crippen molar-refractivity contribution < 1.29 is 18.3 Å². The SMILES string of the molecule is COC(=O)c1cc(F)cc(CNc2ccccc2F)c1. The highest BCUT2D eigenvalue weighted by Crippen LogP contribution is 2.16. The van der Waals surface area contributed by atoms with Gasteiger partial charge in [-0.1, -0.05) is 12.1 Å². The summed E-state index contributed by atoms with van der Waals surface area (Å²) in [6.07, 6.45) is 0. The minimum Gasteiger partial charge on any atom is -0.465 e. The van der Waals surface area contributed by atoms with E-state index in [9.17, 15) is 13.6 Å². The predicted molar refractivity (Wildman–Crippen MR) is 71.5 cm³/mol. The lowest BCUT2D eigenvalue weighted by atomic mass is 10.1. The molecular formula is C15H13F2NO2. The Hall–Kier alpha value is -2.43. The molecule has 0 heterocycles. The number of hydrogen-bond donors (Lipinski definition) is 1. The number of halogens is 2. The van der Waals surface area contributed by atoms with Gasteiger partial charge in [-0.05, 0) is 35.9 Å². The van der Waals surface area contributed by atoms with Gasteiger partial charge in [0.1, 0.15) is 11.6 Å². The van der Waals surface area contributed by atoms with E-state index < -0.39 is 17.6 Å². The smallest absolute Gasteiger partial charge is 0.337 e. The van der Waals surface area contributed by atoms with Crippen LogP contribution in [-0.2, 0) is 11.3 Å². The first-order valence-corrected chi connectivity index (χ1v) is 5.96. The van der Waals surface area contributed by atoms with E-state index in [-0.39, 0.29) is 12.1 Å². The van der Waals surface area contributed by atoms with E-state index in [2.05, 4.69) is 10.1 Å². The molecule has 0 unspecified atom stereocenters. The van der Waals surface area contributed by atoms with Crippen LogP contribution in [0.4, 0.5) is 14.5 Å². The van der Waals surface area contributed by atoms with Crippen molar-refractivity contribution in [3.05, 3.63) is 65.2 Å². The normalized spacial score (nSPS) is 10.2. The number of carbonyl (C=O) groups is 1. The summed E-state index contributed by atoms with van der Waals surface area (Å²) in [5.74, 6) is -1.55. The Labute approximate surface area is 115 Å². The number of rotatable bonds is 4. The summed E-state index contributed by atoms with van der Waals surface area (Å²) in [5.41, 5.74) is 0.961. The van der Waals surface area contributed by atoms with Gasteiger partial charge < -0.3 is 10.1 Å². The summed E-state index contributed by atoms with van der Waals surface area (Å²) >= 11 is 0. The average molecular weight is 277 g/mol. The lowest BCUT2D eigenvalue weighted by Crippen LogP contribution is -2.06. The molecule has 0 atom stereocenters. The van der Waals surface area contributed by atoms with Gasteiger partial charge in [-0.25, -0.2) is 13.6 Å². The van der Waals surface area contributed by atoms with Crippen molar-refractivity contribution in [1.29, 1.82) is 0 Å². The van der Waals surface area contributed by atoms with Gasteiger partial charge in [0, 0.05) is 6.54 Å². The van der Waals surface area contributed by atoms with E-state index in [1.54, 1.807) is 18.2 Å². The zero-order valence-corrected chi connectivity index (χ0v) is 10.8. The van der Waals surface area contributed by atoms with Crippen LogP contribution in [0.1, 0.15) is 15.9 Å². The molecule has 0 amide bonds. The number of anilines is 1. The third-order valence-electron chi connectivity index (χ3n) is 2.74. The molecule has 1 N–H and O–H groups in total. The summed E-state index contributed by atoms with van der Waals surface area (Å²) in [6.45, 7) is 0.197. The third-order valence-corrected chi connectivity index (χ3v) is 2.74. The minimum atomic E-state index is -0.614. The van der Waals surface area contributed by atoms with E-state index in [0.29, 0.717) is 11.3 Å². The number of ether oxygens (including phenoxy) is 1. The second kappa shape index (κ2) is 6.14. The maximum Gasteiger partial charge on any atom is 0.337 e. The molecule has 20 heavy (non-hydrogen) atoms. The van der Waals surface area contributed by atoms with Crippen LogP contribution in [0.5, 0.6) is 0 Å². The monoisotopic (exact) mass is 277 g/mol. The molecule has 2 aromatic rings. The summed E-state index contributed by atoms with van der Waals surface area (Å²) in [6, 6.07) is 10.1. The molecule has 0 bridgehead atoms. The van der Waals surface area contributed by atoms with Crippen LogP contribution in [0.25, 0.3) is 0 Å². The number of benzene rings is 2. The molecular weight excluding hydrogens is 264 g/mol. The fourth-order valence-electron chi connectivity index (χ4n) is 1.79. The number of nitrogens with one attached hydrogen (secondary N) is 1. The van der Waals surface area contributed by atoms with Gasteiger partial charge in [0.25, 0.3) is 0 Å². The Balaban J connectivity index is 2.16. The number of methoxy groups -OCH3 is 1. The molecule has 0 saturated carbocycles. The molecule has 104 valence electrons. The zero-order chi connectivity index (χ0) is 14.5. The molecule has 2 aromatic carbocycles. The summed E-state index contributed by atoms with van der Waals surface area (Å²) in [4.78, 5) is 11.4. The van der Waals surface area contributed by atoms with Gasteiger partial charge in [-0.2, -0.15) is 0 Å². The third kappa shape index (κ3) is 3.32. The molecule has 3 nitrogen and oxygen atoms in total. The van der Waals surface area contributed by atoms with Crippen LogP contribution in [-0.4, -0.2) is 13.1 Å². The van der Waals surface area contributed by atoms with Gasteiger partial charge in [0.2, 0.25) is 0 Å². The van der Waals surface area contributed by atoms with Crippen LogP contribution >= 0.6 is 0 Å². The fourth-order valence-corrected chi connectivity index (χ4v) is 1.79. The molecule has 0 radical (unpaired) electrons.